The van der Waals surface area contributed by atoms with E-state index >= 15 is 0 Å². The molecule has 1 aliphatic heterocycles. The van der Waals surface area contributed by atoms with Crippen LogP contribution in [0.25, 0.3) is 0 Å². The van der Waals surface area contributed by atoms with E-state index < -0.39 is 5.60 Å². The van der Waals surface area contributed by atoms with E-state index in [1.807, 2.05) is 25.1 Å². The zero-order valence-electron chi connectivity index (χ0n) is 10.2. The fraction of sp³-hybridized carbons (Fsp3) is 0.462. The highest BCUT2D eigenvalue weighted by Gasteiger charge is 2.56. The van der Waals surface area contributed by atoms with Crippen molar-refractivity contribution in [3.05, 3.63) is 34.3 Å². The van der Waals surface area contributed by atoms with Crippen molar-refractivity contribution in [2.24, 2.45) is 10.9 Å². The van der Waals surface area contributed by atoms with Gasteiger partial charge in [-0.25, -0.2) is 0 Å². The summed E-state index contributed by atoms with van der Waals surface area (Å²) in [5, 5.41) is 13.0. The number of hydrogen-bond acceptors (Lipinski definition) is 3. The lowest BCUT2D eigenvalue weighted by Gasteiger charge is -2.27. The van der Waals surface area contributed by atoms with E-state index in [9.17, 15) is 5.11 Å². The van der Waals surface area contributed by atoms with Crippen molar-refractivity contribution in [3.8, 4) is 0 Å². The Morgan fingerprint density at radius 3 is 2.89 bits per heavy atom. The summed E-state index contributed by atoms with van der Waals surface area (Å²) in [7, 11) is 1.79. The molecule has 0 aromatic heterocycles. The van der Waals surface area contributed by atoms with E-state index in [2.05, 4.69) is 4.99 Å². The van der Waals surface area contributed by atoms with Gasteiger partial charge in [0.2, 0.25) is 0 Å². The second-order valence-corrected chi connectivity index (χ2v) is 6.32. The maximum Gasteiger partial charge on any atom is 0.111 e. The molecule has 2 aliphatic rings. The minimum atomic E-state index is -0.792. The first-order chi connectivity index (χ1) is 8.09. The lowest BCUT2D eigenvalue weighted by atomic mass is 9.84. The molecule has 3 rings (SSSR count). The first-order valence-electron chi connectivity index (χ1n) is 5.72. The van der Waals surface area contributed by atoms with Gasteiger partial charge in [0.05, 0.1) is 5.04 Å². The summed E-state index contributed by atoms with van der Waals surface area (Å²) in [6.07, 6.45) is 0.833. The van der Waals surface area contributed by atoms with Crippen molar-refractivity contribution in [2.75, 3.05) is 7.05 Å². The topological polar surface area (TPSA) is 32.6 Å². The predicted octanol–water partition coefficient (Wildman–Crippen LogP) is 3.44. The Morgan fingerprint density at radius 2 is 2.22 bits per heavy atom. The summed E-state index contributed by atoms with van der Waals surface area (Å²) in [6.45, 7) is 2.05. The first-order valence-corrected chi connectivity index (χ1v) is 6.98. The van der Waals surface area contributed by atoms with Gasteiger partial charge in [-0.1, -0.05) is 30.7 Å². The fourth-order valence-electron chi connectivity index (χ4n) is 2.98. The van der Waals surface area contributed by atoms with Gasteiger partial charge in [0.25, 0.3) is 0 Å². The van der Waals surface area contributed by atoms with Gasteiger partial charge in [0, 0.05) is 23.2 Å². The SMILES string of the molecule is Br.CN=C1SC2Cc3c(Cl)cccc3C2(O)C1C. The second-order valence-electron chi connectivity index (χ2n) is 4.69. The monoisotopic (exact) mass is 347 g/mol. The summed E-state index contributed by atoms with van der Waals surface area (Å²) in [5.41, 5.74) is 1.31. The van der Waals surface area contributed by atoms with Gasteiger partial charge in [-0.2, -0.15) is 0 Å². The van der Waals surface area contributed by atoms with Crippen LogP contribution in [0.15, 0.2) is 23.2 Å². The smallest absolute Gasteiger partial charge is 0.111 e. The predicted molar refractivity (Wildman–Crippen MR) is 83.3 cm³/mol. The van der Waals surface area contributed by atoms with Gasteiger partial charge >= 0.3 is 0 Å². The maximum absolute atomic E-state index is 11.0. The third-order valence-electron chi connectivity index (χ3n) is 3.94. The molecule has 1 aliphatic carbocycles. The fourth-order valence-corrected chi connectivity index (χ4v) is 4.77. The number of hydrogen-bond donors (Lipinski definition) is 1. The van der Waals surface area contributed by atoms with Crippen molar-refractivity contribution < 1.29 is 5.11 Å². The molecular formula is C13H15BrClNOS. The van der Waals surface area contributed by atoms with Crippen LogP contribution in [0.3, 0.4) is 0 Å². The van der Waals surface area contributed by atoms with E-state index in [0.29, 0.717) is 0 Å². The molecule has 0 saturated carbocycles. The zero-order valence-corrected chi connectivity index (χ0v) is 13.5. The molecule has 0 bridgehead atoms. The average Bonchev–Trinajstić information content (AvgIpc) is 2.73. The third kappa shape index (κ3) is 1.69. The highest BCUT2D eigenvalue weighted by atomic mass is 79.9. The third-order valence-corrected chi connectivity index (χ3v) is 5.89. The zero-order chi connectivity index (χ0) is 12.2. The van der Waals surface area contributed by atoms with Crippen molar-refractivity contribution in [2.45, 2.75) is 24.2 Å². The molecule has 1 aromatic carbocycles. The quantitative estimate of drug-likeness (QED) is 0.779. The normalized spacial score (nSPS) is 35.2. The summed E-state index contributed by atoms with van der Waals surface area (Å²) >= 11 is 7.91. The number of halogens is 2. The Hall–Kier alpha value is -0.0300. The molecule has 98 valence electrons. The van der Waals surface area contributed by atoms with Crippen LogP contribution >= 0.6 is 40.3 Å². The Bertz CT molecular complexity index is 522. The molecule has 18 heavy (non-hydrogen) atoms. The molecule has 2 nitrogen and oxygen atoms in total. The van der Waals surface area contributed by atoms with Crippen molar-refractivity contribution in [1.29, 1.82) is 0 Å². The van der Waals surface area contributed by atoms with Crippen LogP contribution in [-0.4, -0.2) is 22.4 Å². The van der Waals surface area contributed by atoms with Crippen LogP contribution in [0.1, 0.15) is 18.1 Å². The highest BCUT2D eigenvalue weighted by Crippen LogP contribution is 2.56. The van der Waals surface area contributed by atoms with Gasteiger partial charge in [-0.3, -0.25) is 4.99 Å². The van der Waals surface area contributed by atoms with E-state index in [-0.39, 0.29) is 28.1 Å². The van der Waals surface area contributed by atoms with Gasteiger partial charge in [0.15, 0.2) is 0 Å². The molecule has 0 amide bonds. The number of fused-ring (bicyclic) bond motifs is 3. The summed E-state index contributed by atoms with van der Waals surface area (Å²) < 4.78 is 0. The van der Waals surface area contributed by atoms with Gasteiger partial charge < -0.3 is 5.11 Å². The van der Waals surface area contributed by atoms with Gasteiger partial charge in [-0.05, 0) is 23.6 Å². The molecule has 3 atom stereocenters. The van der Waals surface area contributed by atoms with E-state index in [1.165, 1.54) is 0 Å². The van der Waals surface area contributed by atoms with E-state index in [4.69, 9.17) is 11.6 Å². The van der Waals surface area contributed by atoms with Gasteiger partial charge in [0.1, 0.15) is 5.60 Å². The average molecular weight is 349 g/mol. The minimum Gasteiger partial charge on any atom is -0.383 e. The number of benzene rings is 1. The molecule has 0 radical (unpaired) electrons. The molecule has 1 N–H and O–H groups in total. The Morgan fingerprint density at radius 1 is 1.50 bits per heavy atom. The molecular weight excluding hydrogens is 334 g/mol. The first kappa shape index (κ1) is 14.4. The number of nitrogens with zero attached hydrogens (tertiary/aromatic N) is 1. The Kier molecular flexibility index (Phi) is 3.85. The van der Waals surface area contributed by atoms with Crippen molar-refractivity contribution in [1.82, 2.24) is 0 Å². The Labute approximate surface area is 127 Å². The lowest BCUT2D eigenvalue weighted by Crippen LogP contribution is -2.36. The molecule has 1 fully saturated rings. The molecule has 1 saturated heterocycles. The van der Waals surface area contributed by atoms with Gasteiger partial charge in [-0.15, -0.1) is 28.7 Å². The highest BCUT2D eigenvalue weighted by molar-refractivity contribution is 8.93. The number of aliphatic hydroxyl groups is 1. The molecule has 1 aromatic rings. The number of rotatable bonds is 0. The molecule has 1 heterocycles. The molecule has 0 spiro atoms. The second kappa shape index (κ2) is 4.82. The van der Waals surface area contributed by atoms with Crippen LogP contribution in [0.4, 0.5) is 0 Å². The van der Waals surface area contributed by atoms with Crippen LogP contribution in [0, 0.1) is 5.92 Å². The molecule has 3 unspecified atom stereocenters. The minimum absolute atomic E-state index is 0. The molecule has 5 heteroatoms. The summed E-state index contributed by atoms with van der Waals surface area (Å²) in [4.78, 5) is 4.28. The number of thioether (sulfide) groups is 1. The van der Waals surface area contributed by atoms with Crippen LogP contribution < -0.4 is 0 Å². The standard InChI is InChI=1S/C13H14ClNOS.BrH/c1-7-12(15-2)17-11-6-8-9(13(7,11)16)4-3-5-10(8)14;/h3-5,7,11,16H,6H2,1-2H3;1H. The van der Waals surface area contributed by atoms with Crippen molar-refractivity contribution in [3.63, 3.8) is 0 Å². The summed E-state index contributed by atoms with van der Waals surface area (Å²) in [6, 6.07) is 5.81. The lowest BCUT2D eigenvalue weighted by molar-refractivity contribution is 0.0213. The number of aliphatic imine (C=N–C) groups is 1. The maximum atomic E-state index is 11.0. The van der Waals surface area contributed by atoms with Crippen LogP contribution in [0.2, 0.25) is 5.02 Å². The Balaban J connectivity index is 0.00000120. The van der Waals surface area contributed by atoms with E-state index in [1.54, 1.807) is 18.8 Å². The van der Waals surface area contributed by atoms with Crippen molar-refractivity contribution >= 4 is 45.4 Å². The van der Waals surface area contributed by atoms with Crippen LogP contribution in [0.5, 0.6) is 0 Å². The largest absolute Gasteiger partial charge is 0.383 e. The van der Waals surface area contributed by atoms with Crippen LogP contribution in [-0.2, 0) is 12.0 Å². The van der Waals surface area contributed by atoms with E-state index in [0.717, 1.165) is 27.6 Å². The summed E-state index contributed by atoms with van der Waals surface area (Å²) in [5.74, 6) is 0.0576.